The maximum absolute atomic E-state index is 12.5. The van der Waals surface area contributed by atoms with E-state index >= 15 is 0 Å². The number of carboxylic acid groups (broad SMARTS) is 1. The molecule has 2 aliphatic heterocycles. The number of carboxylic acids is 1. The van der Waals surface area contributed by atoms with E-state index in [1.54, 1.807) is 12.1 Å². The molecule has 3 aromatic rings. The zero-order chi connectivity index (χ0) is 28.5. The second-order valence-corrected chi connectivity index (χ2v) is 10.7. The number of nitrogens with one attached hydrogen (secondary N) is 2. The van der Waals surface area contributed by atoms with Gasteiger partial charge in [0.2, 0.25) is 11.8 Å². The second-order valence-electron chi connectivity index (χ2n) is 10.3. The number of carbonyl (C=O) groups is 4. The molecule has 3 N–H and O–H groups in total. The van der Waals surface area contributed by atoms with Gasteiger partial charge in [0.1, 0.15) is 5.78 Å². The van der Waals surface area contributed by atoms with Crippen LogP contribution in [0.5, 0.6) is 0 Å². The highest BCUT2D eigenvalue weighted by Gasteiger charge is 2.35. The molecule has 40 heavy (non-hydrogen) atoms. The van der Waals surface area contributed by atoms with Crippen molar-refractivity contribution in [2.24, 2.45) is 11.8 Å². The van der Waals surface area contributed by atoms with Crippen molar-refractivity contribution in [2.45, 2.75) is 37.5 Å². The summed E-state index contributed by atoms with van der Waals surface area (Å²) in [6, 6.07) is 26.7. The van der Waals surface area contributed by atoms with E-state index in [4.69, 9.17) is 16.7 Å². The Morgan fingerprint density at radius 2 is 1.27 bits per heavy atom. The lowest BCUT2D eigenvalue weighted by Gasteiger charge is -2.31. The van der Waals surface area contributed by atoms with Gasteiger partial charge in [-0.2, -0.15) is 0 Å². The van der Waals surface area contributed by atoms with E-state index in [9.17, 15) is 19.2 Å². The molecule has 2 fully saturated rings. The third kappa shape index (κ3) is 8.02. The van der Waals surface area contributed by atoms with Crippen molar-refractivity contribution in [2.75, 3.05) is 13.1 Å². The van der Waals surface area contributed by atoms with Crippen LogP contribution in [-0.2, 0) is 25.6 Å². The summed E-state index contributed by atoms with van der Waals surface area (Å²) in [5.74, 6) is -1.17. The van der Waals surface area contributed by atoms with Crippen LogP contribution in [0.4, 0.5) is 0 Å². The fourth-order valence-electron chi connectivity index (χ4n) is 5.41. The lowest BCUT2D eigenvalue weighted by molar-refractivity contribution is -0.144. The Balaban J connectivity index is 0.000000201. The second kappa shape index (κ2) is 13.9. The molecule has 0 aliphatic carbocycles. The highest BCUT2D eigenvalue weighted by atomic mass is 35.5. The maximum Gasteiger partial charge on any atom is 0.308 e. The molecule has 2 unspecified atom stereocenters. The number of hydrogen-bond donors (Lipinski definition) is 3. The molecule has 2 saturated heterocycles. The largest absolute Gasteiger partial charge is 0.481 e. The highest BCUT2D eigenvalue weighted by Crippen LogP contribution is 2.33. The van der Waals surface area contributed by atoms with E-state index in [0.717, 1.165) is 16.7 Å². The fourth-order valence-corrected chi connectivity index (χ4v) is 5.54. The Kier molecular flexibility index (Phi) is 10.1. The summed E-state index contributed by atoms with van der Waals surface area (Å²) in [6.07, 6.45) is 1.58. The molecule has 0 radical (unpaired) electrons. The van der Waals surface area contributed by atoms with Gasteiger partial charge in [-0.3, -0.25) is 19.2 Å². The first-order valence-corrected chi connectivity index (χ1v) is 13.8. The van der Waals surface area contributed by atoms with Gasteiger partial charge >= 0.3 is 5.97 Å². The van der Waals surface area contributed by atoms with Crippen molar-refractivity contribution in [3.63, 3.8) is 0 Å². The lowest BCUT2D eigenvalue weighted by Crippen LogP contribution is -2.43. The minimum atomic E-state index is -0.853. The normalized spacial score (nSPS) is 22.2. The molecule has 7 nitrogen and oxygen atoms in total. The van der Waals surface area contributed by atoms with Crippen LogP contribution in [0.1, 0.15) is 47.8 Å². The minimum absolute atomic E-state index is 0.0604. The molecular weight excluding hydrogens is 528 g/mol. The van der Waals surface area contributed by atoms with Gasteiger partial charge in [-0.1, -0.05) is 84.4 Å². The number of ketones is 1. The van der Waals surface area contributed by atoms with Crippen molar-refractivity contribution in [3.8, 4) is 0 Å². The van der Waals surface area contributed by atoms with Gasteiger partial charge in [0.15, 0.2) is 0 Å². The van der Waals surface area contributed by atoms with Crippen LogP contribution < -0.4 is 10.6 Å². The van der Waals surface area contributed by atoms with E-state index in [1.165, 1.54) is 0 Å². The summed E-state index contributed by atoms with van der Waals surface area (Å²) >= 11 is 5.88. The van der Waals surface area contributed by atoms with E-state index < -0.39 is 11.9 Å². The smallest absolute Gasteiger partial charge is 0.308 e. The summed E-state index contributed by atoms with van der Waals surface area (Å²) in [7, 11) is 0. The van der Waals surface area contributed by atoms with Crippen LogP contribution in [0.3, 0.4) is 0 Å². The van der Waals surface area contributed by atoms with Crippen molar-refractivity contribution in [1.29, 1.82) is 0 Å². The molecule has 3 aromatic carbocycles. The van der Waals surface area contributed by atoms with Crippen LogP contribution in [0.2, 0.25) is 5.02 Å². The van der Waals surface area contributed by atoms with Crippen LogP contribution in [0, 0.1) is 11.8 Å². The van der Waals surface area contributed by atoms with Crippen LogP contribution in [-0.4, -0.2) is 41.8 Å². The third-order valence-electron chi connectivity index (χ3n) is 7.52. The Labute approximate surface area is 238 Å². The average Bonchev–Trinajstić information content (AvgIpc) is 2.96. The van der Waals surface area contributed by atoms with Gasteiger partial charge in [-0.25, -0.2) is 0 Å². The van der Waals surface area contributed by atoms with Gasteiger partial charge in [-0.15, -0.1) is 0 Å². The first kappa shape index (κ1) is 29.0. The first-order chi connectivity index (χ1) is 19.3. The molecule has 4 atom stereocenters. The molecule has 5 rings (SSSR count). The number of hydrogen-bond acceptors (Lipinski definition) is 4. The number of amides is 2. The average molecular weight is 561 g/mol. The Bertz CT molecular complexity index is 1310. The number of benzene rings is 3. The summed E-state index contributed by atoms with van der Waals surface area (Å²) in [5, 5.41) is 15.3. The zero-order valence-corrected chi connectivity index (χ0v) is 22.8. The monoisotopic (exact) mass is 560 g/mol. The number of Topliss-reactive ketones (excluding diaryl/α,β-unsaturated/α-hetero) is 1. The Morgan fingerprint density at radius 3 is 1.85 bits per heavy atom. The van der Waals surface area contributed by atoms with Gasteiger partial charge in [-0.05, 0) is 40.7 Å². The first-order valence-electron chi connectivity index (χ1n) is 13.4. The molecule has 0 bridgehead atoms. The number of halogens is 1. The number of aliphatic carboxylic acids is 1. The Morgan fingerprint density at radius 1 is 0.750 bits per heavy atom. The number of carbonyl (C=O) groups excluding carboxylic acids is 3. The van der Waals surface area contributed by atoms with E-state index in [0.29, 0.717) is 30.8 Å². The van der Waals surface area contributed by atoms with Crippen LogP contribution in [0.15, 0.2) is 84.9 Å². The molecular formula is C32H33ClN2O5. The van der Waals surface area contributed by atoms with Crippen molar-refractivity contribution >= 4 is 35.2 Å². The minimum Gasteiger partial charge on any atom is -0.481 e. The SMILES string of the molecule is O=C(Cc1ccc(Cl)cc1)C[C@@H]1CNC(=O)CC1c1ccccc1.O=C1CC(c2ccccc2)[C@H](C(=O)O)CN1. The highest BCUT2D eigenvalue weighted by molar-refractivity contribution is 6.30. The van der Waals surface area contributed by atoms with Gasteiger partial charge in [0.25, 0.3) is 0 Å². The molecule has 208 valence electrons. The topological polar surface area (TPSA) is 113 Å². The van der Waals surface area contributed by atoms with Gasteiger partial charge in [0, 0.05) is 49.7 Å². The van der Waals surface area contributed by atoms with E-state index in [1.807, 2.05) is 72.8 Å². The molecule has 0 aromatic heterocycles. The Hall–Kier alpha value is -3.97. The standard InChI is InChI=1S/C20H20ClNO2.C12H13NO3/c21-17-8-6-14(7-9-17)10-18(23)11-16-13-22-20(24)12-19(16)15-4-2-1-3-5-15;14-11-6-9(8-4-2-1-3-5-8)10(7-13-11)12(15)16/h1-9,16,19H,10-13H2,(H,22,24);1-5,9-10H,6-7H2,(H,13,14)(H,15,16)/t16-,19?;9?,10-/m11/s1. The molecule has 0 spiro atoms. The van der Waals surface area contributed by atoms with Crippen molar-refractivity contribution in [1.82, 2.24) is 10.6 Å². The summed E-state index contributed by atoms with van der Waals surface area (Å²) < 4.78 is 0. The molecule has 8 heteroatoms. The van der Waals surface area contributed by atoms with Crippen molar-refractivity contribution in [3.05, 3.63) is 107 Å². The summed E-state index contributed by atoms with van der Waals surface area (Å²) in [4.78, 5) is 46.7. The molecule has 2 heterocycles. The van der Waals surface area contributed by atoms with Crippen LogP contribution >= 0.6 is 11.6 Å². The number of rotatable bonds is 7. The zero-order valence-electron chi connectivity index (χ0n) is 22.1. The fraction of sp³-hybridized carbons (Fsp3) is 0.312. The predicted molar refractivity (Wildman–Crippen MR) is 153 cm³/mol. The molecule has 2 amide bonds. The van der Waals surface area contributed by atoms with E-state index in [-0.39, 0.29) is 48.3 Å². The van der Waals surface area contributed by atoms with Crippen LogP contribution in [0.25, 0.3) is 0 Å². The third-order valence-corrected chi connectivity index (χ3v) is 7.77. The molecule has 0 saturated carbocycles. The predicted octanol–water partition coefficient (Wildman–Crippen LogP) is 4.75. The molecule has 2 aliphatic rings. The van der Waals surface area contributed by atoms with Crippen molar-refractivity contribution < 1.29 is 24.3 Å². The van der Waals surface area contributed by atoms with E-state index in [2.05, 4.69) is 10.6 Å². The van der Waals surface area contributed by atoms with Gasteiger partial charge in [0.05, 0.1) is 5.92 Å². The number of piperidine rings is 2. The maximum atomic E-state index is 12.5. The summed E-state index contributed by atoms with van der Waals surface area (Å²) in [5.41, 5.74) is 3.03. The summed E-state index contributed by atoms with van der Waals surface area (Å²) in [6.45, 7) is 0.776. The van der Waals surface area contributed by atoms with Gasteiger partial charge < -0.3 is 15.7 Å². The quantitative estimate of drug-likeness (QED) is 0.386. The lowest BCUT2D eigenvalue weighted by atomic mass is 9.78.